The second-order valence-corrected chi connectivity index (χ2v) is 8.22. The fraction of sp³-hybridized carbons (Fsp3) is 0.231. The molecule has 1 N–H and O–H groups in total. The monoisotopic (exact) mass is 409 g/mol. The molecule has 154 valence electrons. The summed E-state index contributed by atoms with van der Waals surface area (Å²) in [4.78, 5) is 12.4. The average Bonchev–Trinajstić information content (AvgIpc) is 3.48. The topological polar surface area (TPSA) is 57.7 Å². The molecule has 0 saturated heterocycles. The van der Waals surface area contributed by atoms with Crippen molar-refractivity contribution >= 4 is 5.91 Å². The van der Waals surface area contributed by atoms with Crippen molar-refractivity contribution in [2.45, 2.75) is 36.9 Å². The summed E-state index contributed by atoms with van der Waals surface area (Å²) < 4.78 is 1.93. The molecular formula is C26H25N4O+. The maximum Gasteiger partial charge on any atom is 0.286 e. The van der Waals surface area contributed by atoms with Crippen LogP contribution in [0.2, 0.25) is 0 Å². The summed E-state index contributed by atoms with van der Waals surface area (Å²) in [5, 5.41) is 12.1. The molecule has 2 heterocycles. The van der Waals surface area contributed by atoms with Crippen LogP contribution in [0, 0.1) is 0 Å². The van der Waals surface area contributed by atoms with Crippen LogP contribution in [0.4, 0.5) is 0 Å². The first kappa shape index (κ1) is 19.4. The van der Waals surface area contributed by atoms with E-state index >= 15 is 0 Å². The van der Waals surface area contributed by atoms with E-state index in [9.17, 15) is 4.79 Å². The Kier molecular flexibility index (Phi) is 5.16. The highest BCUT2D eigenvalue weighted by Gasteiger charge is 2.44. The van der Waals surface area contributed by atoms with E-state index in [0.29, 0.717) is 12.6 Å². The zero-order valence-corrected chi connectivity index (χ0v) is 17.3. The average molecular weight is 410 g/mol. The number of nitrogens with one attached hydrogen (secondary N) is 1. The number of benzene rings is 2. The van der Waals surface area contributed by atoms with Gasteiger partial charge < -0.3 is 5.32 Å². The number of amides is 1. The summed E-state index contributed by atoms with van der Waals surface area (Å²) in [5.41, 5.74) is 2.66. The third-order valence-electron chi connectivity index (χ3n) is 5.91. The van der Waals surface area contributed by atoms with Crippen LogP contribution >= 0.6 is 0 Å². The number of pyridine rings is 1. The molecule has 1 atom stereocenters. The van der Waals surface area contributed by atoms with Crippen LogP contribution < -0.4 is 9.88 Å². The van der Waals surface area contributed by atoms with Gasteiger partial charge in [-0.2, -0.15) is 14.8 Å². The number of hydrogen-bond donors (Lipinski definition) is 1. The van der Waals surface area contributed by atoms with Gasteiger partial charge >= 0.3 is 0 Å². The molecule has 0 spiro atoms. The standard InChI is InChI=1S/C26H24N4O/c31-24(28-23-13-14-23)19-30-17-7-12-22(18-30)26(15-16-27-29-26)25(20-8-3-1-4-9-20)21-10-5-2-6-11-21/h1-12,15-18,23,25H,13-14,19H2/p+1. The Balaban J connectivity index is 1.57. The number of aromatic nitrogens is 1. The predicted octanol–water partition coefficient (Wildman–Crippen LogP) is 4.26. The van der Waals surface area contributed by atoms with Gasteiger partial charge in [0.25, 0.3) is 5.91 Å². The molecule has 2 aliphatic rings. The van der Waals surface area contributed by atoms with Gasteiger partial charge in [0.1, 0.15) is 5.54 Å². The first-order valence-electron chi connectivity index (χ1n) is 10.7. The maximum absolute atomic E-state index is 12.4. The lowest BCUT2D eigenvalue weighted by molar-refractivity contribution is -0.685. The minimum atomic E-state index is -0.682. The highest BCUT2D eigenvalue weighted by molar-refractivity contribution is 5.75. The van der Waals surface area contributed by atoms with E-state index in [1.807, 2.05) is 35.2 Å². The van der Waals surface area contributed by atoms with Crippen molar-refractivity contribution in [2.75, 3.05) is 0 Å². The van der Waals surface area contributed by atoms with Crippen LogP contribution in [0.3, 0.4) is 0 Å². The third kappa shape index (κ3) is 4.04. The zero-order chi connectivity index (χ0) is 21.1. The summed E-state index contributed by atoms with van der Waals surface area (Å²) in [5.74, 6) is -0.00139. The Morgan fingerprint density at radius 2 is 1.68 bits per heavy atom. The lowest BCUT2D eigenvalue weighted by Crippen LogP contribution is -2.44. The van der Waals surface area contributed by atoms with Crippen LogP contribution in [0.5, 0.6) is 0 Å². The Labute approximate surface area is 182 Å². The molecule has 31 heavy (non-hydrogen) atoms. The lowest BCUT2D eigenvalue weighted by atomic mass is 9.72. The van der Waals surface area contributed by atoms with Crippen LogP contribution in [0.25, 0.3) is 0 Å². The van der Waals surface area contributed by atoms with E-state index in [-0.39, 0.29) is 11.8 Å². The Morgan fingerprint density at radius 3 is 2.26 bits per heavy atom. The predicted molar refractivity (Wildman–Crippen MR) is 118 cm³/mol. The van der Waals surface area contributed by atoms with E-state index in [4.69, 9.17) is 5.11 Å². The van der Waals surface area contributed by atoms with Crippen molar-refractivity contribution in [3.63, 3.8) is 0 Å². The Morgan fingerprint density at radius 1 is 1.00 bits per heavy atom. The highest BCUT2D eigenvalue weighted by atomic mass is 16.2. The van der Waals surface area contributed by atoms with E-state index in [1.165, 1.54) is 11.1 Å². The van der Waals surface area contributed by atoms with Crippen molar-refractivity contribution < 1.29 is 9.36 Å². The van der Waals surface area contributed by atoms with Gasteiger partial charge in [0.05, 0.1) is 5.56 Å². The molecule has 1 saturated carbocycles. The van der Waals surface area contributed by atoms with Crippen LogP contribution in [0.1, 0.15) is 35.4 Å². The summed E-state index contributed by atoms with van der Waals surface area (Å²) in [6, 6.07) is 25.3. The van der Waals surface area contributed by atoms with Gasteiger partial charge in [0.15, 0.2) is 12.4 Å². The summed E-state index contributed by atoms with van der Waals surface area (Å²) >= 11 is 0. The first-order valence-corrected chi connectivity index (χ1v) is 10.7. The van der Waals surface area contributed by atoms with Gasteiger partial charge in [-0.3, -0.25) is 4.79 Å². The van der Waals surface area contributed by atoms with E-state index in [1.54, 1.807) is 6.20 Å². The molecule has 3 aromatic rings. The quantitative estimate of drug-likeness (QED) is 0.583. The van der Waals surface area contributed by atoms with Gasteiger partial charge in [-0.1, -0.05) is 60.7 Å². The van der Waals surface area contributed by atoms with Crippen molar-refractivity contribution in [1.29, 1.82) is 0 Å². The molecule has 5 nitrogen and oxygen atoms in total. The molecule has 1 aromatic heterocycles. The lowest BCUT2D eigenvalue weighted by Gasteiger charge is -2.33. The Bertz CT molecular complexity index is 1070. The number of carbonyl (C=O) groups excluding carboxylic acids is 1. The molecule has 1 aliphatic carbocycles. The number of rotatable bonds is 7. The Hall–Kier alpha value is -3.60. The normalized spacial score (nSPS) is 19.6. The van der Waals surface area contributed by atoms with Gasteiger partial charge in [-0.25, -0.2) is 0 Å². The number of azo groups is 1. The molecule has 0 radical (unpaired) electrons. The largest absolute Gasteiger partial charge is 0.348 e. The van der Waals surface area contributed by atoms with Crippen LogP contribution in [0.15, 0.2) is 108 Å². The van der Waals surface area contributed by atoms with Gasteiger partial charge in [-0.05, 0) is 36.1 Å². The fourth-order valence-corrected chi connectivity index (χ4v) is 4.30. The minimum absolute atomic E-state index is 0.0463. The molecule has 1 amide bonds. The summed E-state index contributed by atoms with van der Waals surface area (Å²) in [7, 11) is 0. The van der Waals surface area contributed by atoms with E-state index in [2.05, 4.69) is 71.1 Å². The van der Waals surface area contributed by atoms with Crippen LogP contribution in [-0.4, -0.2) is 11.9 Å². The molecule has 1 fully saturated rings. The first-order chi connectivity index (χ1) is 15.2. The second-order valence-electron chi connectivity index (χ2n) is 8.22. The van der Waals surface area contributed by atoms with Gasteiger partial charge in [0, 0.05) is 24.2 Å². The van der Waals surface area contributed by atoms with E-state index < -0.39 is 5.54 Å². The number of carbonyl (C=O) groups is 1. The van der Waals surface area contributed by atoms with Crippen molar-refractivity contribution in [3.8, 4) is 0 Å². The van der Waals surface area contributed by atoms with Crippen molar-refractivity contribution in [2.24, 2.45) is 10.2 Å². The highest BCUT2D eigenvalue weighted by Crippen LogP contribution is 2.47. The molecular weight excluding hydrogens is 384 g/mol. The van der Waals surface area contributed by atoms with Crippen molar-refractivity contribution in [1.82, 2.24) is 5.32 Å². The maximum atomic E-state index is 12.4. The SMILES string of the molecule is O=C(C[n+]1cccc(C2(C(c3ccccc3)c3ccccc3)C=CN=N2)c1)NC1CC1. The van der Waals surface area contributed by atoms with Gasteiger partial charge in [-0.15, -0.1) is 0 Å². The second kappa shape index (κ2) is 8.26. The minimum Gasteiger partial charge on any atom is -0.348 e. The van der Waals surface area contributed by atoms with Crippen LogP contribution in [-0.2, 0) is 16.9 Å². The smallest absolute Gasteiger partial charge is 0.286 e. The molecule has 2 aromatic carbocycles. The summed E-state index contributed by atoms with van der Waals surface area (Å²) in [6.45, 7) is 0.294. The third-order valence-corrected chi connectivity index (χ3v) is 5.91. The molecule has 1 aliphatic heterocycles. The van der Waals surface area contributed by atoms with Crippen molar-refractivity contribution in [3.05, 3.63) is 114 Å². The molecule has 1 unspecified atom stereocenters. The van der Waals surface area contributed by atoms with Gasteiger partial charge in [0.2, 0.25) is 6.54 Å². The zero-order valence-electron chi connectivity index (χ0n) is 17.3. The summed E-state index contributed by atoms with van der Waals surface area (Å²) in [6.07, 6.45) is 9.97. The number of hydrogen-bond acceptors (Lipinski definition) is 3. The molecule has 0 bridgehead atoms. The fourth-order valence-electron chi connectivity index (χ4n) is 4.30. The van der Waals surface area contributed by atoms with E-state index in [0.717, 1.165) is 18.4 Å². The number of nitrogens with zero attached hydrogens (tertiary/aromatic N) is 3. The molecule has 5 rings (SSSR count). The molecule has 5 heteroatoms.